The molecule has 7 rings (SSSR count). The third-order valence-electron chi connectivity index (χ3n) is 7.73. The van der Waals surface area contributed by atoms with Crippen molar-refractivity contribution in [1.82, 2.24) is 28.2 Å². The first-order valence-corrected chi connectivity index (χ1v) is 13.5. The van der Waals surface area contributed by atoms with Crippen molar-refractivity contribution in [2.24, 2.45) is 21.1 Å². The zero-order valence-corrected chi connectivity index (χ0v) is 23.3. The minimum absolute atomic E-state index is 0.0696. The Morgan fingerprint density at radius 1 is 0.762 bits per heavy atom. The van der Waals surface area contributed by atoms with Gasteiger partial charge in [0.25, 0.3) is 5.91 Å². The van der Waals surface area contributed by atoms with Crippen LogP contribution in [-0.4, -0.2) is 34.1 Å². The molecule has 0 aliphatic rings. The molecular weight excluding hydrogens is 526 g/mol. The summed E-state index contributed by atoms with van der Waals surface area (Å²) in [7, 11) is 5.51. The van der Waals surface area contributed by atoms with E-state index in [0.717, 1.165) is 56.1 Å². The molecule has 1 N–H and O–H groups in total. The smallest absolute Gasteiger partial charge is 0.328 e. The molecule has 9 heteroatoms. The van der Waals surface area contributed by atoms with Gasteiger partial charge < -0.3 is 9.88 Å². The molecule has 0 unspecified atom stereocenters. The van der Waals surface area contributed by atoms with Crippen molar-refractivity contribution >= 4 is 33.7 Å². The number of benzene rings is 4. The van der Waals surface area contributed by atoms with Gasteiger partial charge in [-0.25, -0.2) is 14.8 Å². The molecule has 7 aromatic rings. The molecule has 0 spiro atoms. The fraction of sp³-hybridized carbons (Fsp3) is 0.0909. The van der Waals surface area contributed by atoms with E-state index in [2.05, 4.69) is 33.1 Å². The summed E-state index contributed by atoms with van der Waals surface area (Å²) in [6.45, 7) is 0. The van der Waals surface area contributed by atoms with E-state index in [-0.39, 0.29) is 11.6 Å². The first kappa shape index (κ1) is 25.3. The van der Waals surface area contributed by atoms with Crippen molar-refractivity contribution in [3.63, 3.8) is 0 Å². The molecule has 9 nitrogen and oxygen atoms in total. The molecule has 0 atom stereocenters. The number of hydrogen-bond donors (Lipinski definition) is 1. The Bertz CT molecular complexity index is 2180. The number of fused-ring (bicyclic) bond motifs is 2. The Hall–Kier alpha value is -5.70. The predicted molar refractivity (Wildman–Crippen MR) is 165 cm³/mol. The lowest BCUT2D eigenvalue weighted by molar-refractivity contribution is 0.102. The van der Waals surface area contributed by atoms with E-state index in [1.165, 1.54) is 0 Å². The zero-order chi connectivity index (χ0) is 29.0. The summed E-state index contributed by atoms with van der Waals surface area (Å²) in [4.78, 5) is 34.5. The van der Waals surface area contributed by atoms with E-state index in [4.69, 9.17) is 4.98 Å². The summed E-state index contributed by atoms with van der Waals surface area (Å²) in [6, 6.07) is 29.1. The number of nitrogens with zero attached hydrogens (tertiary/aromatic N) is 6. The molecule has 3 heterocycles. The van der Waals surface area contributed by atoms with Gasteiger partial charge in [-0.3, -0.25) is 18.5 Å². The van der Waals surface area contributed by atoms with Gasteiger partial charge in [0.05, 0.1) is 34.6 Å². The normalized spacial score (nSPS) is 11.4. The van der Waals surface area contributed by atoms with Gasteiger partial charge in [0.15, 0.2) is 5.82 Å². The first-order chi connectivity index (χ1) is 20.4. The van der Waals surface area contributed by atoms with Gasteiger partial charge in [-0.1, -0.05) is 36.4 Å². The summed E-state index contributed by atoms with van der Waals surface area (Å²) in [6.07, 6.45) is 3.56. The Kier molecular flexibility index (Phi) is 5.86. The van der Waals surface area contributed by atoms with E-state index >= 15 is 0 Å². The number of aromatic nitrogens is 6. The van der Waals surface area contributed by atoms with Crippen molar-refractivity contribution < 1.29 is 4.79 Å². The maximum atomic E-state index is 12.6. The highest BCUT2D eigenvalue weighted by Crippen LogP contribution is 2.32. The van der Waals surface area contributed by atoms with Gasteiger partial charge in [0.1, 0.15) is 5.69 Å². The van der Waals surface area contributed by atoms with Crippen LogP contribution in [0.2, 0.25) is 0 Å². The Balaban J connectivity index is 1.30. The van der Waals surface area contributed by atoms with Crippen molar-refractivity contribution in [3.05, 3.63) is 120 Å². The molecule has 0 aliphatic carbocycles. The standard InChI is InChI=1S/C33H27N7O2/c1-37-20-34-19-30(37)31-36-26-17-23(21-9-12-24(13-10-21)35-32(41)22-7-5-4-6-8-22)11-15-27(26)40(31)25-14-16-28-29(18-25)39(3)33(42)38(28)2/h4-20H,1-3H3,(H,35,41). The van der Waals surface area contributed by atoms with Crippen LogP contribution in [0, 0.1) is 0 Å². The lowest BCUT2D eigenvalue weighted by Gasteiger charge is -2.11. The molecule has 0 bridgehead atoms. The van der Waals surface area contributed by atoms with E-state index in [1.807, 2.05) is 72.3 Å². The lowest BCUT2D eigenvalue weighted by Crippen LogP contribution is -2.19. The lowest BCUT2D eigenvalue weighted by atomic mass is 10.0. The molecule has 0 saturated carbocycles. The second-order valence-electron chi connectivity index (χ2n) is 10.3. The van der Waals surface area contributed by atoms with Gasteiger partial charge in [0.2, 0.25) is 0 Å². The molecule has 0 fully saturated rings. The predicted octanol–water partition coefficient (Wildman–Crippen LogP) is 5.54. The van der Waals surface area contributed by atoms with Crippen LogP contribution in [0.4, 0.5) is 5.69 Å². The van der Waals surface area contributed by atoms with Crippen LogP contribution < -0.4 is 11.0 Å². The second-order valence-corrected chi connectivity index (χ2v) is 10.3. The van der Waals surface area contributed by atoms with E-state index in [9.17, 15) is 9.59 Å². The topological polar surface area (TPSA) is 91.7 Å². The number of anilines is 1. The molecule has 0 saturated heterocycles. The highest BCUT2D eigenvalue weighted by molar-refractivity contribution is 6.04. The average molecular weight is 554 g/mol. The maximum Gasteiger partial charge on any atom is 0.328 e. The van der Waals surface area contributed by atoms with Crippen LogP contribution >= 0.6 is 0 Å². The number of imidazole rings is 3. The van der Waals surface area contributed by atoms with Crippen LogP contribution in [-0.2, 0) is 21.1 Å². The van der Waals surface area contributed by atoms with Gasteiger partial charge in [-0.15, -0.1) is 0 Å². The molecular formula is C33H27N7O2. The van der Waals surface area contributed by atoms with Crippen molar-refractivity contribution in [1.29, 1.82) is 0 Å². The number of nitrogens with one attached hydrogen (secondary N) is 1. The minimum atomic E-state index is -0.147. The molecule has 3 aromatic heterocycles. The Labute approximate surface area is 240 Å². The van der Waals surface area contributed by atoms with Crippen LogP contribution in [0.5, 0.6) is 0 Å². The highest BCUT2D eigenvalue weighted by Gasteiger charge is 2.19. The number of carbonyl (C=O) groups is 1. The van der Waals surface area contributed by atoms with Gasteiger partial charge >= 0.3 is 5.69 Å². The SMILES string of the molecule is Cn1cncc1-c1nc2cc(-c3ccc(NC(=O)c4ccccc4)cc3)ccc2n1-c1ccc2c(c1)n(C)c(=O)n2C. The molecule has 42 heavy (non-hydrogen) atoms. The number of carbonyl (C=O) groups excluding carboxylic acids is 1. The summed E-state index contributed by atoms with van der Waals surface area (Å²) < 4.78 is 7.36. The van der Waals surface area contributed by atoms with E-state index < -0.39 is 0 Å². The Morgan fingerprint density at radius 2 is 1.48 bits per heavy atom. The van der Waals surface area contributed by atoms with Crippen LogP contribution in [0.1, 0.15) is 10.4 Å². The third-order valence-corrected chi connectivity index (χ3v) is 7.73. The second kappa shape index (κ2) is 9.74. The van der Waals surface area contributed by atoms with Gasteiger partial charge in [0, 0.05) is 38.1 Å². The average Bonchev–Trinajstić information content (AvgIpc) is 3.68. The third kappa shape index (κ3) is 4.10. The van der Waals surface area contributed by atoms with Crippen molar-refractivity contribution in [3.8, 4) is 28.3 Å². The number of hydrogen-bond acceptors (Lipinski definition) is 4. The van der Waals surface area contributed by atoms with Crippen LogP contribution in [0.3, 0.4) is 0 Å². The fourth-order valence-electron chi connectivity index (χ4n) is 5.44. The summed E-state index contributed by atoms with van der Waals surface area (Å²) in [5, 5.41) is 2.95. The number of aryl methyl sites for hydroxylation is 3. The summed E-state index contributed by atoms with van der Waals surface area (Å²) >= 11 is 0. The zero-order valence-electron chi connectivity index (χ0n) is 23.3. The van der Waals surface area contributed by atoms with E-state index in [0.29, 0.717) is 5.56 Å². The van der Waals surface area contributed by atoms with Crippen molar-refractivity contribution in [2.45, 2.75) is 0 Å². The monoisotopic (exact) mass is 553 g/mol. The maximum absolute atomic E-state index is 12.6. The number of amides is 1. The molecule has 0 radical (unpaired) electrons. The van der Waals surface area contributed by atoms with Gasteiger partial charge in [-0.2, -0.15) is 0 Å². The van der Waals surface area contributed by atoms with Gasteiger partial charge in [-0.05, 0) is 65.7 Å². The summed E-state index contributed by atoms with van der Waals surface area (Å²) in [5.41, 5.74) is 8.51. The first-order valence-electron chi connectivity index (χ1n) is 13.5. The quantitative estimate of drug-likeness (QED) is 0.303. The Morgan fingerprint density at radius 3 is 2.21 bits per heavy atom. The molecule has 0 aliphatic heterocycles. The van der Waals surface area contributed by atoms with Crippen LogP contribution in [0.25, 0.3) is 50.4 Å². The number of rotatable bonds is 5. The summed E-state index contributed by atoms with van der Waals surface area (Å²) in [5.74, 6) is 0.605. The van der Waals surface area contributed by atoms with Crippen LogP contribution in [0.15, 0.2) is 108 Å². The van der Waals surface area contributed by atoms with Crippen molar-refractivity contribution in [2.75, 3.05) is 5.32 Å². The van der Waals surface area contributed by atoms with E-state index in [1.54, 1.807) is 47.9 Å². The minimum Gasteiger partial charge on any atom is -0.331 e. The molecule has 4 aromatic carbocycles. The largest absolute Gasteiger partial charge is 0.331 e. The molecule has 1 amide bonds. The molecule has 206 valence electrons. The fourth-order valence-corrected chi connectivity index (χ4v) is 5.44. The highest BCUT2D eigenvalue weighted by atomic mass is 16.2.